The number of aliphatic carboxylic acids is 1. The van der Waals surface area contributed by atoms with Crippen LogP contribution in [0.4, 0.5) is 11.4 Å². The van der Waals surface area contributed by atoms with Gasteiger partial charge in [-0.05, 0) is 36.6 Å². The van der Waals surface area contributed by atoms with E-state index in [1.807, 2.05) is 36.2 Å². The van der Waals surface area contributed by atoms with Gasteiger partial charge in [0.1, 0.15) is 6.54 Å². The minimum Gasteiger partial charge on any atom is -0.481 e. The first-order valence-electron chi connectivity index (χ1n) is 11.2. The van der Waals surface area contributed by atoms with Crippen LogP contribution in [0.1, 0.15) is 31.2 Å². The Kier molecular flexibility index (Phi) is 7.27. The number of nitro groups is 1. The van der Waals surface area contributed by atoms with Crippen molar-refractivity contribution >= 4 is 46.1 Å². The molecule has 0 radical (unpaired) electrons. The Morgan fingerprint density at radius 3 is 2.79 bits per heavy atom. The molecule has 2 heterocycles. The largest absolute Gasteiger partial charge is 0.481 e. The number of benzene rings is 2. The van der Waals surface area contributed by atoms with Gasteiger partial charge in [0.25, 0.3) is 5.69 Å². The second-order valence-electron chi connectivity index (χ2n) is 8.12. The van der Waals surface area contributed by atoms with Crippen molar-refractivity contribution in [3.8, 4) is 0 Å². The number of fused-ring (bicyclic) bond motifs is 2. The first kappa shape index (κ1) is 23.5. The zero-order valence-corrected chi connectivity index (χ0v) is 19.7. The summed E-state index contributed by atoms with van der Waals surface area (Å²) in [6.45, 7) is 0.847. The number of anilines is 1. The Balaban J connectivity index is 1.49. The zero-order chi connectivity index (χ0) is 24.1. The highest BCUT2D eigenvalue weighted by atomic mass is 32.2. The Hall–Kier alpha value is -3.65. The third kappa shape index (κ3) is 5.28. The molecule has 2 aromatic carbocycles. The quantitative estimate of drug-likeness (QED) is 0.182. The minimum atomic E-state index is -0.739. The summed E-state index contributed by atoms with van der Waals surface area (Å²) in [6.07, 6.45) is 10.9. The van der Waals surface area contributed by atoms with Crippen LogP contribution in [-0.2, 0) is 11.3 Å². The molecule has 1 aliphatic heterocycles. The van der Waals surface area contributed by atoms with Gasteiger partial charge in [-0.25, -0.2) is 0 Å². The van der Waals surface area contributed by atoms with Gasteiger partial charge in [0.15, 0.2) is 6.20 Å². The summed E-state index contributed by atoms with van der Waals surface area (Å²) >= 11 is 1.52. The van der Waals surface area contributed by atoms with Crippen molar-refractivity contribution < 1.29 is 19.4 Å². The van der Waals surface area contributed by atoms with Crippen LogP contribution in [0.3, 0.4) is 0 Å². The van der Waals surface area contributed by atoms with Crippen LogP contribution in [0.15, 0.2) is 76.8 Å². The monoisotopic (exact) mass is 476 g/mol. The number of rotatable bonds is 9. The number of carboxylic acids is 1. The number of unbranched alkanes of at least 4 members (excludes halogenated alkanes) is 2. The average molecular weight is 477 g/mol. The highest BCUT2D eigenvalue weighted by molar-refractivity contribution is 8.03. The Labute approximate surface area is 202 Å². The van der Waals surface area contributed by atoms with Gasteiger partial charge in [-0.3, -0.25) is 14.9 Å². The summed E-state index contributed by atoms with van der Waals surface area (Å²) in [5.74, 6) is -0.739. The zero-order valence-electron chi connectivity index (χ0n) is 18.9. The molecule has 0 amide bonds. The van der Waals surface area contributed by atoms with Crippen molar-refractivity contribution in [1.29, 1.82) is 0 Å². The Morgan fingerprint density at radius 1 is 1.18 bits per heavy atom. The van der Waals surface area contributed by atoms with E-state index >= 15 is 0 Å². The predicted molar refractivity (Wildman–Crippen MR) is 135 cm³/mol. The van der Waals surface area contributed by atoms with Crippen LogP contribution in [0.25, 0.3) is 17.0 Å². The molecule has 174 valence electrons. The average Bonchev–Trinajstić information content (AvgIpc) is 3.14. The van der Waals surface area contributed by atoms with E-state index in [4.69, 9.17) is 5.11 Å². The minimum absolute atomic E-state index is 0.0994. The van der Waals surface area contributed by atoms with Crippen LogP contribution in [0.5, 0.6) is 0 Å². The fourth-order valence-corrected chi connectivity index (χ4v) is 5.14. The maximum absolute atomic E-state index is 11.1. The Bertz CT molecular complexity index is 1300. The van der Waals surface area contributed by atoms with E-state index in [9.17, 15) is 14.9 Å². The molecule has 4 rings (SSSR count). The summed E-state index contributed by atoms with van der Waals surface area (Å²) in [5, 5.41) is 22.0. The normalized spacial score (nSPS) is 14.3. The molecule has 0 saturated carbocycles. The number of aryl methyl sites for hydroxylation is 1. The van der Waals surface area contributed by atoms with Crippen molar-refractivity contribution in [3.63, 3.8) is 0 Å². The standard InChI is InChI=1S/C26H25N3O4S/c1-27-23-14-13-20(29(32)33)18-24(23)34-25(27)11-7-8-19-15-17-28(16-6-2-3-12-26(30)31)22-10-5-4-9-21(19)22/h4-5,7-11,13-15,17-18H,2-3,6,12,16H2,1H3/p+1. The van der Waals surface area contributed by atoms with Crippen LogP contribution < -0.4 is 9.47 Å². The van der Waals surface area contributed by atoms with E-state index in [-0.39, 0.29) is 17.0 Å². The SMILES string of the molecule is CN1/C(=C\C=C\c2cc[n+](CCCCCC(=O)O)c3ccccc23)Sc2cc([N+](=O)[O-])ccc21. The Morgan fingerprint density at radius 2 is 2.00 bits per heavy atom. The van der Waals surface area contributed by atoms with Gasteiger partial charge in [-0.15, -0.1) is 0 Å². The molecule has 0 saturated heterocycles. The number of thioether (sulfide) groups is 1. The number of aromatic nitrogens is 1. The summed E-state index contributed by atoms with van der Waals surface area (Å²) in [4.78, 5) is 24.3. The van der Waals surface area contributed by atoms with Gasteiger partial charge in [0.2, 0.25) is 5.52 Å². The molecule has 0 fully saturated rings. The molecule has 0 spiro atoms. The maximum atomic E-state index is 11.1. The highest BCUT2D eigenvalue weighted by Gasteiger charge is 2.23. The summed E-state index contributed by atoms with van der Waals surface area (Å²) in [6, 6.07) is 15.3. The van der Waals surface area contributed by atoms with Crippen LogP contribution in [0, 0.1) is 10.1 Å². The number of nitro benzene ring substituents is 1. The molecule has 0 unspecified atom stereocenters. The van der Waals surface area contributed by atoms with Gasteiger partial charge in [-0.2, -0.15) is 4.57 Å². The molecule has 3 aromatic rings. The molecule has 1 N–H and O–H groups in total. The summed E-state index contributed by atoms with van der Waals surface area (Å²) < 4.78 is 2.22. The number of hydrogen-bond acceptors (Lipinski definition) is 5. The van der Waals surface area contributed by atoms with E-state index in [2.05, 4.69) is 35.0 Å². The number of pyridine rings is 1. The molecular formula is C26H26N3O4S+. The third-order valence-corrected chi connectivity index (χ3v) is 6.99. The first-order valence-corrected chi connectivity index (χ1v) is 12.0. The van der Waals surface area contributed by atoms with Crippen LogP contribution in [-0.4, -0.2) is 23.0 Å². The predicted octanol–water partition coefficient (Wildman–Crippen LogP) is 5.78. The lowest BCUT2D eigenvalue weighted by atomic mass is 10.1. The lowest BCUT2D eigenvalue weighted by Crippen LogP contribution is -2.34. The fraction of sp³-hybridized carbons (Fsp3) is 0.231. The first-order chi connectivity index (χ1) is 16.4. The van der Waals surface area contributed by atoms with Crippen molar-refractivity contribution in [2.24, 2.45) is 0 Å². The van der Waals surface area contributed by atoms with E-state index in [1.165, 1.54) is 17.8 Å². The molecular weight excluding hydrogens is 450 g/mol. The number of hydrogen-bond donors (Lipinski definition) is 1. The molecule has 0 aliphatic carbocycles. The number of non-ortho nitro benzene ring substituents is 1. The van der Waals surface area contributed by atoms with E-state index < -0.39 is 5.97 Å². The van der Waals surface area contributed by atoms with Gasteiger partial charge in [0, 0.05) is 49.1 Å². The van der Waals surface area contributed by atoms with Gasteiger partial charge in [0.05, 0.1) is 21.0 Å². The highest BCUT2D eigenvalue weighted by Crippen LogP contribution is 2.46. The number of allylic oxidation sites excluding steroid dienone is 2. The molecule has 34 heavy (non-hydrogen) atoms. The maximum Gasteiger partial charge on any atom is 0.303 e. The summed E-state index contributed by atoms with van der Waals surface area (Å²) in [7, 11) is 1.96. The lowest BCUT2D eigenvalue weighted by Gasteiger charge is -2.12. The van der Waals surface area contributed by atoms with Crippen molar-refractivity contribution in [2.75, 3.05) is 11.9 Å². The van der Waals surface area contributed by atoms with Gasteiger partial charge in [-0.1, -0.05) is 36.0 Å². The lowest BCUT2D eigenvalue weighted by molar-refractivity contribution is -0.671. The molecule has 0 atom stereocenters. The molecule has 7 nitrogen and oxygen atoms in total. The molecule has 0 bridgehead atoms. The van der Waals surface area contributed by atoms with Crippen LogP contribution in [0.2, 0.25) is 0 Å². The van der Waals surface area contributed by atoms with E-state index in [1.54, 1.807) is 12.1 Å². The molecule has 1 aliphatic rings. The smallest absolute Gasteiger partial charge is 0.303 e. The van der Waals surface area contributed by atoms with Crippen molar-refractivity contribution in [1.82, 2.24) is 0 Å². The van der Waals surface area contributed by atoms with E-state index in [0.29, 0.717) is 6.42 Å². The van der Waals surface area contributed by atoms with Crippen LogP contribution >= 0.6 is 11.8 Å². The number of carboxylic acid groups (broad SMARTS) is 1. The van der Waals surface area contributed by atoms with Gasteiger partial charge < -0.3 is 10.0 Å². The van der Waals surface area contributed by atoms with E-state index in [0.717, 1.165) is 51.5 Å². The van der Waals surface area contributed by atoms with Gasteiger partial charge >= 0.3 is 5.97 Å². The number of nitrogens with zero attached hydrogens (tertiary/aromatic N) is 3. The fourth-order valence-electron chi connectivity index (χ4n) is 4.04. The molecule has 8 heteroatoms. The summed E-state index contributed by atoms with van der Waals surface area (Å²) in [5.41, 5.74) is 3.31. The third-order valence-electron chi connectivity index (χ3n) is 5.82. The second-order valence-corrected chi connectivity index (χ2v) is 9.18. The second kappa shape index (κ2) is 10.5. The molecule has 1 aromatic heterocycles. The topological polar surface area (TPSA) is 87.6 Å². The van der Waals surface area contributed by atoms with Crippen molar-refractivity contribution in [2.45, 2.75) is 37.1 Å². The van der Waals surface area contributed by atoms with Crippen molar-refractivity contribution in [3.05, 3.63) is 87.6 Å². The number of carbonyl (C=O) groups is 1. The number of para-hydroxylation sites is 1.